The van der Waals surface area contributed by atoms with E-state index in [1.807, 2.05) is 6.07 Å². The van der Waals surface area contributed by atoms with E-state index in [0.717, 1.165) is 12.3 Å². The molecule has 0 amide bonds. The summed E-state index contributed by atoms with van der Waals surface area (Å²) in [5.41, 5.74) is 3.73. The van der Waals surface area contributed by atoms with Crippen LogP contribution in [0.15, 0.2) is 54.7 Å². The van der Waals surface area contributed by atoms with Gasteiger partial charge in [-0.2, -0.15) is 0 Å². The van der Waals surface area contributed by atoms with Crippen LogP contribution in [0.25, 0.3) is 10.9 Å². The van der Waals surface area contributed by atoms with Crippen LogP contribution in [0.1, 0.15) is 18.1 Å². The van der Waals surface area contributed by atoms with Crippen LogP contribution in [0.5, 0.6) is 5.75 Å². The number of aryl methyl sites for hydroxylation is 2. The first-order valence-electron chi connectivity index (χ1n) is 7.03. The fourth-order valence-electron chi connectivity index (χ4n) is 2.51. The van der Waals surface area contributed by atoms with Crippen molar-refractivity contribution in [1.29, 1.82) is 0 Å². The highest BCUT2D eigenvalue weighted by atomic mass is 16.5. The molecule has 0 spiro atoms. The lowest BCUT2D eigenvalue weighted by Gasteiger charge is -2.08. The van der Waals surface area contributed by atoms with Gasteiger partial charge in [0.05, 0.1) is 0 Å². The number of nitrogens with zero attached hydrogens (tertiary/aromatic N) is 1. The minimum atomic E-state index is 0.613. The molecule has 1 heterocycles. The van der Waals surface area contributed by atoms with Crippen molar-refractivity contribution in [3.63, 3.8) is 0 Å². The number of ether oxygens (including phenoxy) is 1. The topological polar surface area (TPSA) is 14.2 Å². The summed E-state index contributed by atoms with van der Waals surface area (Å²) < 4.78 is 8.12. The maximum Gasteiger partial charge on any atom is 0.120 e. The van der Waals surface area contributed by atoms with Gasteiger partial charge in [-0.25, -0.2) is 0 Å². The molecule has 20 heavy (non-hydrogen) atoms. The Hall–Kier alpha value is -2.22. The molecule has 2 heteroatoms. The molecule has 3 rings (SSSR count). The van der Waals surface area contributed by atoms with Crippen molar-refractivity contribution in [3.05, 3.63) is 65.9 Å². The highest BCUT2D eigenvalue weighted by molar-refractivity contribution is 5.81. The maximum atomic E-state index is 5.89. The van der Waals surface area contributed by atoms with E-state index in [2.05, 4.69) is 67.1 Å². The van der Waals surface area contributed by atoms with E-state index >= 15 is 0 Å². The zero-order valence-corrected chi connectivity index (χ0v) is 12.0. The monoisotopic (exact) mass is 265 g/mol. The van der Waals surface area contributed by atoms with Crippen LogP contribution in [0.2, 0.25) is 0 Å². The summed E-state index contributed by atoms with van der Waals surface area (Å²) >= 11 is 0. The first-order valence-corrected chi connectivity index (χ1v) is 7.03. The second kappa shape index (κ2) is 5.41. The number of benzene rings is 2. The quantitative estimate of drug-likeness (QED) is 0.675. The first-order chi connectivity index (χ1) is 9.76. The lowest BCUT2D eigenvalue weighted by molar-refractivity contribution is 0.306. The Morgan fingerprint density at radius 3 is 2.75 bits per heavy atom. The molecule has 3 aromatic rings. The Balaban J connectivity index is 1.78. The SMILES string of the molecule is CCn1ccc2cc(OCc3cccc(C)c3)ccc21. The Kier molecular flexibility index (Phi) is 3.46. The molecule has 0 saturated carbocycles. The van der Waals surface area contributed by atoms with Crippen molar-refractivity contribution in [3.8, 4) is 5.75 Å². The number of aromatic nitrogens is 1. The van der Waals surface area contributed by atoms with Crippen LogP contribution >= 0.6 is 0 Å². The molecule has 102 valence electrons. The molecule has 0 aliphatic carbocycles. The summed E-state index contributed by atoms with van der Waals surface area (Å²) in [6.45, 7) is 5.86. The minimum Gasteiger partial charge on any atom is -0.489 e. The van der Waals surface area contributed by atoms with E-state index < -0.39 is 0 Å². The number of hydrogen-bond acceptors (Lipinski definition) is 1. The molecule has 2 nitrogen and oxygen atoms in total. The summed E-state index contributed by atoms with van der Waals surface area (Å²) in [5, 5.41) is 1.23. The largest absolute Gasteiger partial charge is 0.489 e. The molecule has 0 saturated heterocycles. The van der Waals surface area contributed by atoms with E-state index in [4.69, 9.17) is 4.74 Å². The van der Waals surface area contributed by atoms with Crippen LogP contribution in [0.4, 0.5) is 0 Å². The Labute approximate surface area is 119 Å². The average Bonchev–Trinajstić information content (AvgIpc) is 2.87. The van der Waals surface area contributed by atoms with Crippen LogP contribution in [0.3, 0.4) is 0 Å². The molecule has 0 atom stereocenters. The third-order valence-corrected chi connectivity index (χ3v) is 3.57. The van der Waals surface area contributed by atoms with Crippen molar-refractivity contribution in [2.45, 2.75) is 27.0 Å². The van der Waals surface area contributed by atoms with Crippen LogP contribution in [-0.2, 0) is 13.2 Å². The fraction of sp³-hybridized carbons (Fsp3) is 0.222. The summed E-state index contributed by atoms with van der Waals surface area (Å²) in [6.07, 6.45) is 2.12. The molecular formula is C18H19NO. The van der Waals surface area contributed by atoms with Crippen molar-refractivity contribution in [2.24, 2.45) is 0 Å². The molecule has 0 fully saturated rings. The molecule has 0 radical (unpaired) electrons. The van der Waals surface area contributed by atoms with Crippen LogP contribution < -0.4 is 4.74 Å². The molecule has 0 N–H and O–H groups in total. The predicted octanol–water partition coefficient (Wildman–Crippen LogP) is 4.55. The zero-order valence-electron chi connectivity index (χ0n) is 12.0. The Bertz CT molecular complexity index is 727. The van der Waals surface area contributed by atoms with Gasteiger partial charge in [0, 0.05) is 23.6 Å². The summed E-state index contributed by atoms with van der Waals surface area (Å²) in [7, 11) is 0. The molecule has 0 aliphatic rings. The van der Waals surface area contributed by atoms with Crippen molar-refractivity contribution >= 4 is 10.9 Å². The molecular weight excluding hydrogens is 246 g/mol. The lowest BCUT2D eigenvalue weighted by Crippen LogP contribution is -1.96. The third kappa shape index (κ3) is 2.55. The van der Waals surface area contributed by atoms with Gasteiger partial charge < -0.3 is 9.30 Å². The van der Waals surface area contributed by atoms with Crippen LogP contribution in [-0.4, -0.2) is 4.57 Å². The number of rotatable bonds is 4. The highest BCUT2D eigenvalue weighted by Gasteiger charge is 2.02. The standard InChI is InChI=1S/C18H19NO/c1-3-19-10-9-16-12-17(7-8-18(16)19)20-13-15-6-4-5-14(2)11-15/h4-12H,3,13H2,1-2H3. The fourth-order valence-corrected chi connectivity index (χ4v) is 2.51. The van der Waals surface area contributed by atoms with Gasteiger partial charge in [-0.1, -0.05) is 29.8 Å². The van der Waals surface area contributed by atoms with Gasteiger partial charge in [-0.05, 0) is 43.7 Å². The summed E-state index contributed by atoms with van der Waals surface area (Å²) in [4.78, 5) is 0. The van der Waals surface area contributed by atoms with Crippen LogP contribution in [0, 0.1) is 6.92 Å². The van der Waals surface area contributed by atoms with Crippen molar-refractivity contribution in [1.82, 2.24) is 4.57 Å². The minimum absolute atomic E-state index is 0.613. The molecule has 0 aliphatic heterocycles. The normalized spacial score (nSPS) is 10.9. The van der Waals surface area contributed by atoms with Gasteiger partial charge in [0.2, 0.25) is 0 Å². The smallest absolute Gasteiger partial charge is 0.120 e. The number of fused-ring (bicyclic) bond motifs is 1. The van der Waals surface area contributed by atoms with Gasteiger partial charge >= 0.3 is 0 Å². The average molecular weight is 265 g/mol. The number of hydrogen-bond donors (Lipinski definition) is 0. The predicted molar refractivity (Wildman–Crippen MR) is 83.1 cm³/mol. The molecule has 2 aromatic carbocycles. The highest BCUT2D eigenvalue weighted by Crippen LogP contribution is 2.22. The van der Waals surface area contributed by atoms with E-state index in [9.17, 15) is 0 Å². The Morgan fingerprint density at radius 2 is 1.95 bits per heavy atom. The second-order valence-corrected chi connectivity index (χ2v) is 5.10. The third-order valence-electron chi connectivity index (χ3n) is 3.57. The molecule has 0 bridgehead atoms. The van der Waals surface area contributed by atoms with Gasteiger partial charge in [0.25, 0.3) is 0 Å². The van der Waals surface area contributed by atoms with Gasteiger partial charge in [0.1, 0.15) is 12.4 Å². The van der Waals surface area contributed by atoms with Crippen molar-refractivity contribution < 1.29 is 4.74 Å². The summed E-state index contributed by atoms with van der Waals surface area (Å²) in [6, 6.07) is 16.8. The molecule has 0 unspecified atom stereocenters. The first kappa shape index (κ1) is 12.8. The van der Waals surface area contributed by atoms with Gasteiger partial charge in [0.15, 0.2) is 0 Å². The zero-order chi connectivity index (χ0) is 13.9. The van der Waals surface area contributed by atoms with E-state index in [-0.39, 0.29) is 0 Å². The van der Waals surface area contributed by atoms with E-state index in [1.165, 1.54) is 22.0 Å². The lowest BCUT2D eigenvalue weighted by atomic mass is 10.1. The van der Waals surface area contributed by atoms with Gasteiger partial charge in [-0.15, -0.1) is 0 Å². The Morgan fingerprint density at radius 1 is 1.05 bits per heavy atom. The van der Waals surface area contributed by atoms with Crippen molar-refractivity contribution in [2.75, 3.05) is 0 Å². The van der Waals surface area contributed by atoms with Gasteiger partial charge in [-0.3, -0.25) is 0 Å². The molecule has 1 aromatic heterocycles. The second-order valence-electron chi connectivity index (χ2n) is 5.10. The summed E-state index contributed by atoms with van der Waals surface area (Å²) in [5.74, 6) is 0.924. The maximum absolute atomic E-state index is 5.89. The van der Waals surface area contributed by atoms with E-state index in [1.54, 1.807) is 0 Å². The van der Waals surface area contributed by atoms with E-state index in [0.29, 0.717) is 6.61 Å².